The fourth-order valence-electron chi connectivity index (χ4n) is 3.90. The van der Waals surface area contributed by atoms with Crippen molar-refractivity contribution < 1.29 is 24.2 Å². The number of pyridine rings is 1. The van der Waals surface area contributed by atoms with Gasteiger partial charge in [-0.15, -0.1) is 0 Å². The number of carbonyl (C=O) groups excluding carboxylic acids is 2. The molecule has 176 valence electrons. The zero-order valence-electron chi connectivity index (χ0n) is 19.7. The van der Waals surface area contributed by atoms with Crippen LogP contribution in [0, 0.1) is 5.41 Å². The number of carboxylic acids is 1. The van der Waals surface area contributed by atoms with Crippen LogP contribution in [0.4, 0.5) is 0 Å². The average molecular weight is 453 g/mol. The van der Waals surface area contributed by atoms with Crippen molar-refractivity contribution in [1.29, 1.82) is 0 Å². The van der Waals surface area contributed by atoms with E-state index in [1.807, 2.05) is 64.1 Å². The molecule has 7 heteroatoms. The lowest BCUT2D eigenvalue weighted by Gasteiger charge is -2.29. The minimum Gasteiger partial charge on any atom is -0.481 e. The summed E-state index contributed by atoms with van der Waals surface area (Å²) in [6.45, 7) is 7.51. The first kappa shape index (κ1) is 24.6. The minimum atomic E-state index is -1.00. The van der Waals surface area contributed by atoms with Crippen LogP contribution in [-0.4, -0.2) is 40.0 Å². The molecular formula is C26H32N2O5. The van der Waals surface area contributed by atoms with E-state index in [0.717, 1.165) is 22.2 Å². The number of aromatic nitrogens is 1. The number of rotatable bonds is 7. The summed E-state index contributed by atoms with van der Waals surface area (Å²) in [5, 5.41) is 13.9. The van der Waals surface area contributed by atoms with Crippen molar-refractivity contribution >= 4 is 34.7 Å². The summed E-state index contributed by atoms with van der Waals surface area (Å²) in [6, 6.07) is 9.53. The Kier molecular flexibility index (Phi) is 7.32. The van der Waals surface area contributed by atoms with Gasteiger partial charge in [0, 0.05) is 24.3 Å². The number of carboxylic acid groups (broad SMARTS) is 1. The second kappa shape index (κ2) is 9.83. The van der Waals surface area contributed by atoms with Crippen LogP contribution in [0.15, 0.2) is 36.4 Å². The Hall–Kier alpha value is -3.06. The van der Waals surface area contributed by atoms with Crippen molar-refractivity contribution in [1.82, 2.24) is 10.3 Å². The normalized spacial score (nSPS) is 17.3. The monoisotopic (exact) mass is 452 g/mol. The Morgan fingerprint density at radius 3 is 2.52 bits per heavy atom. The van der Waals surface area contributed by atoms with E-state index >= 15 is 0 Å². The van der Waals surface area contributed by atoms with Gasteiger partial charge in [-0.3, -0.25) is 24.7 Å². The second-order valence-corrected chi connectivity index (χ2v) is 9.71. The topological polar surface area (TPSA) is 106 Å². The highest BCUT2D eigenvalue weighted by Crippen LogP contribution is 2.37. The number of esters is 1. The summed E-state index contributed by atoms with van der Waals surface area (Å²) in [5.74, 6) is -1.09. The summed E-state index contributed by atoms with van der Waals surface area (Å²) in [4.78, 5) is 40.2. The number of benzene rings is 1. The summed E-state index contributed by atoms with van der Waals surface area (Å²) in [5.41, 5.74) is 0.889. The molecule has 1 heterocycles. The molecule has 0 spiro atoms. The lowest BCUT2D eigenvalue weighted by atomic mass is 9.73. The number of Topliss-reactive ketones (excluding diaryl/α,β-unsaturated/α-hetero) is 1. The first-order valence-electron chi connectivity index (χ1n) is 11.3. The van der Waals surface area contributed by atoms with E-state index in [4.69, 9.17) is 9.72 Å². The third-order valence-corrected chi connectivity index (χ3v) is 5.87. The van der Waals surface area contributed by atoms with Crippen LogP contribution in [0.5, 0.6) is 0 Å². The van der Waals surface area contributed by atoms with Gasteiger partial charge in [-0.05, 0) is 58.2 Å². The lowest BCUT2D eigenvalue weighted by Crippen LogP contribution is -2.33. The number of fused-ring (bicyclic) bond motifs is 1. The molecule has 1 fully saturated rings. The third-order valence-electron chi connectivity index (χ3n) is 5.87. The van der Waals surface area contributed by atoms with Gasteiger partial charge in [0.05, 0.1) is 23.2 Å². The third kappa shape index (κ3) is 6.48. The van der Waals surface area contributed by atoms with E-state index in [1.54, 1.807) is 6.08 Å². The number of hydrogen-bond acceptors (Lipinski definition) is 6. The van der Waals surface area contributed by atoms with Gasteiger partial charge in [-0.25, -0.2) is 0 Å². The number of aliphatic carboxylic acids is 1. The van der Waals surface area contributed by atoms with Crippen LogP contribution in [0.1, 0.15) is 70.7 Å². The maximum absolute atomic E-state index is 12.0. The SMILES string of the molecule is C[C@@H](NCC(=O)OC(C)(C)C)c1ccc2ccc(/C=C/C3(C(=O)O)CCC(=O)CC3)cc2n1. The first-order valence-corrected chi connectivity index (χ1v) is 11.3. The van der Waals surface area contributed by atoms with E-state index in [1.165, 1.54) is 0 Å². The molecule has 7 nitrogen and oxygen atoms in total. The Morgan fingerprint density at radius 1 is 1.21 bits per heavy atom. The van der Waals surface area contributed by atoms with Gasteiger partial charge in [0.1, 0.15) is 11.4 Å². The summed E-state index contributed by atoms with van der Waals surface area (Å²) in [7, 11) is 0. The molecule has 0 radical (unpaired) electrons. The molecule has 0 bridgehead atoms. The quantitative estimate of drug-likeness (QED) is 0.598. The van der Waals surface area contributed by atoms with Gasteiger partial charge in [-0.2, -0.15) is 0 Å². The molecule has 1 aliphatic carbocycles. The van der Waals surface area contributed by atoms with Gasteiger partial charge in [0.2, 0.25) is 0 Å². The highest BCUT2D eigenvalue weighted by molar-refractivity contribution is 5.86. The summed E-state index contributed by atoms with van der Waals surface area (Å²) >= 11 is 0. The number of ether oxygens (including phenoxy) is 1. The average Bonchev–Trinajstić information content (AvgIpc) is 2.75. The molecule has 1 aromatic carbocycles. The molecule has 1 aromatic heterocycles. The molecule has 2 aromatic rings. The number of ketones is 1. The van der Waals surface area contributed by atoms with Crippen molar-refractivity contribution in [2.75, 3.05) is 6.54 Å². The van der Waals surface area contributed by atoms with Crippen molar-refractivity contribution in [2.24, 2.45) is 5.41 Å². The van der Waals surface area contributed by atoms with Gasteiger partial charge in [0.25, 0.3) is 0 Å². The van der Waals surface area contributed by atoms with Gasteiger partial charge >= 0.3 is 11.9 Å². The van der Waals surface area contributed by atoms with Crippen LogP contribution in [-0.2, 0) is 19.1 Å². The van der Waals surface area contributed by atoms with Gasteiger partial charge in [-0.1, -0.05) is 30.4 Å². The van der Waals surface area contributed by atoms with Crippen LogP contribution in [0.3, 0.4) is 0 Å². The van der Waals surface area contributed by atoms with Crippen molar-refractivity contribution in [3.05, 3.63) is 47.7 Å². The first-order chi connectivity index (χ1) is 15.5. The van der Waals surface area contributed by atoms with E-state index in [0.29, 0.717) is 25.7 Å². The predicted molar refractivity (Wildman–Crippen MR) is 127 cm³/mol. The molecular weight excluding hydrogens is 420 g/mol. The molecule has 2 N–H and O–H groups in total. The molecule has 1 atom stereocenters. The fourth-order valence-corrected chi connectivity index (χ4v) is 3.90. The maximum atomic E-state index is 12.0. The Labute approximate surface area is 194 Å². The molecule has 0 amide bonds. The number of nitrogens with one attached hydrogen (secondary N) is 1. The lowest BCUT2D eigenvalue weighted by molar-refractivity contribution is -0.154. The smallest absolute Gasteiger partial charge is 0.320 e. The predicted octanol–water partition coefficient (Wildman–Crippen LogP) is 4.45. The van der Waals surface area contributed by atoms with E-state index in [2.05, 4.69) is 5.32 Å². The molecule has 3 rings (SSSR count). The zero-order valence-corrected chi connectivity index (χ0v) is 19.7. The molecule has 0 unspecified atom stereocenters. The number of carbonyl (C=O) groups is 3. The van der Waals surface area contributed by atoms with E-state index < -0.39 is 17.0 Å². The van der Waals surface area contributed by atoms with Crippen molar-refractivity contribution in [2.45, 2.75) is 65.0 Å². The van der Waals surface area contributed by atoms with Crippen LogP contribution in [0.2, 0.25) is 0 Å². The minimum absolute atomic E-state index is 0.0840. The van der Waals surface area contributed by atoms with Crippen molar-refractivity contribution in [3.8, 4) is 0 Å². The van der Waals surface area contributed by atoms with Crippen LogP contribution < -0.4 is 5.32 Å². The number of nitrogens with zero attached hydrogens (tertiary/aromatic N) is 1. The molecule has 0 saturated heterocycles. The molecule has 1 aliphatic rings. The highest BCUT2D eigenvalue weighted by atomic mass is 16.6. The largest absolute Gasteiger partial charge is 0.481 e. The highest BCUT2D eigenvalue weighted by Gasteiger charge is 2.39. The van der Waals surface area contributed by atoms with E-state index in [-0.39, 0.29) is 24.3 Å². The summed E-state index contributed by atoms with van der Waals surface area (Å²) in [6.07, 6.45) is 4.78. The fraction of sp³-hybridized carbons (Fsp3) is 0.462. The number of hydrogen-bond donors (Lipinski definition) is 2. The van der Waals surface area contributed by atoms with E-state index in [9.17, 15) is 19.5 Å². The zero-order chi connectivity index (χ0) is 24.2. The summed E-state index contributed by atoms with van der Waals surface area (Å²) < 4.78 is 5.33. The maximum Gasteiger partial charge on any atom is 0.320 e. The van der Waals surface area contributed by atoms with Gasteiger partial charge in [0.15, 0.2) is 0 Å². The molecule has 0 aliphatic heterocycles. The second-order valence-electron chi connectivity index (χ2n) is 9.71. The molecule has 33 heavy (non-hydrogen) atoms. The van der Waals surface area contributed by atoms with Crippen molar-refractivity contribution in [3.63, 3.8) is 0 Å². The van der Waals surface area contributed by atoms with Crippen LogP contribution in [0.25, 0.3) is 17.0 Å². The Balaban J connectivity index is 1.75. The Morgan fingerprint density at radius 2 is 1.88 bits per heavy atom. The standard InChI is InChI=1S/C26H32N2O5/c1-17(27-16-23(30)33-25(2,3)4)21-8-7-19-6-5-18(15-22(19)28-21)9-12-26(24(31)32)13-10-20(29)11-14-26/h5-9,12,15,17,27H,10-11,13-14,16H2,1-4H3,(H,31,32)/b12-9+/t17-/m1/s1. The molecule has 1 saturated carbocycles. The van der Waals surface area contributed by atoms with Crippen LogP contribution >= 0.6 is 0 Å². The van der Waals surface area contributed by atoms with Gasteiger partial charge < -0.3 is 9.84 Å². The Bertz CT molecular complexity index is 1070.